The normalized spacial score (nSPS) is 44.4. The lowest BCUT2D eigenvalue weighted by Gasteiger charge is -2.56. The first kappa shape index (κ1) is 11.3. The van der Waals surface area contributed by atoms with Crippen LogP contribution in [0.25, 0.3) is 0 Å². The minimum Gasteiger partial charge on any atom is -0.339 e. The minimum absolute atomic E-state index is 0.449. The van der Waals surface area contributed by atoms with Gasteiger partial charge in [-0.05, 0) is 50.5 Å². The van der Waals surface area contributed by atoms with Crippen LogP contribution in [0, 0.1) is 11.8 Å². The molecule has 4 aliphatic rings. The molecule has 4 saturated heterocycles. The molecule has 4 rings (SSSR count). The van der Waals surface area contributed by atoms with Gasteiger partial charge in [-0.2, -0.15) is 0 Å². The molecule has 0 spiro atoms. The summed E-state index contributed by atoms with van der Waals surface area (Å²) in [5.41, 5.74) is 0. The second kappa shape index (κ2) is 4.22. The molecule has 18 heavy (non-hydrogen) atoms. The van der Waals surface area contributed by atoms with E-state index in [1.165, 1.54) is 45.2 Å². The lowest BCUT2D eigenvalue weighted by molar-refractivity contribution is -0.148. The summed E-state index contributed by atoms with van der Waals surface area (Å²) in [5.74, 6) is 2.01. The molecule has 0 unspecified atom stereocenters. The Morgan fingerprint density at radius 3 is 2.72 bits per heavy atom. The SMILES string of the molecule is O=C1CCC[C@@H]2[C@H]3C[C@@H](CN12)[C@H]1CCCCN1C3. The van der Waals surface area contributed by atoms with Gasteiger partial charge < -0.3 is 4.90 Å². The van der Waals surface area contributed by atoms with E-state index in [1.807, 2.05) is 0 Å². The van der Waals surface area contributed by atoms with Gasteiger partial charge in [-0.15, -0.1) is 0 Å². The van der Waals surface area contributed by atoms with Gasteiger partial charge in [0.25, 0.3) is 0 Å². The molecule has 0 aliphatic carbocycles. The quantitative estimate of drug-likeness (QED) is 0.653. The molecule has 100 valence electrons. The zero-order valence-corrected chi connectivity index (χ0v) is 11.2. The molecule has 0 aromatic heterocycles. The van der Waals surface area contributed by atoms with Crippen LogP contribution in [0.15, 0.2) is 0 Å². The topological polar surface area (TPSA) is 23.6 Å². The maximum Gasteiger partial charge on any atom is 0.222 e. The van der Waals surface area contributed by atoms with Gasteiger partial charge >= 0.3 is 0 Å². The van der Waals surface area contributed by atoms with Crippen LogP contribution >= 0.6 is 0 Å². The lowest BCUT2D eigenvalue weighted by Crippen LogP contribution is -2.64. The Labute approximate surface area is 110 Å². The van der Waals surface area contributed by atoms with Gasteiger partial charge in [-0.25, -0.2) is 0 Å². The molecule has 0 saturated carbocycles. The zero-order chi connectivity index (χ0) is 12.1. The fraction of sp³-hybridized carbons (Fsp3) is 0.933. The van der Waals surface area contributed by atoms with Crippen LogP contribution in [0.1, 0.15) is 44.9 Å². The van der Waals surface area contributed by atoms with Gasteiger partial charge in [0.05, 0.1) is 0 Å². The molecule has 0 N–H and O–H groups in total. The summed E-state index contributed by atoms with van der Waals surface area (Å²) in [5, 5.41) is 0. The average Bonchev–Trinajstić information content (AvgIpc) is 2.40. The number of rotatable bonds is 0. The smallest absolute Gasteiger partial charge is 0.222 e. The van der Waals surface area contributed by atoms with Crippen molar-refractivity contribution in [2.45, 2.75) is 57.0 Å². The second-order valence-corrected chi connectivity index (χ2v) is 6.82. The number of carbonyl (C=O) groups is 1. The van der Waals surface area contributed by atoms with Gasteiger partial charge in [0.15, 0.2) is 0 Å². The summed E-state index contributed by atoms with van der Waals surface area (Å²) in [4.78, 5) is 17.2. The Morgan fingerprint density at radius 1 is 0.944 bits per heavy atom. The highest BCUT2D eigenvalue weighted by Gasteiger charge is 2.47. The van der Waals surface area contributed by atoms with Crippen molar-refractivity contribution in [2.75, 3.05) is 19.6 Å². The van der Waals surface area contributed by atoms with Crippen molar-refractivity contribution in [1.29, 1.82) is 0 Å². The van der Waals surface area contributed by atoms with Crippen molar-refractivity contribution in [1.82, 2.24) is 9.80 Å². The maximum absolute atomic E-state index is 12.1. The fourth-order valence-corrected chi connectivity index (χ4v) is 5.10. The highest BCUT2D eigenvalue weighted by atomic mass is 16.2. The lowest BCUT2D eigenvalue weighted by atomic mass is 9.71. The van der Waals surface area contributed by atoms with Crippen molar-refractivity contribution in [3.63, 3.8) is 0 Å². The van der Waals surface area contributed by atoms with E-state index < -0.39 is 0 Å². The van der Waals surface area contributed by atoms with Crippen LogP contribution < -0.4 is 0 Å². The summed E-state index contributed by atoms with van der Waals surface area (Å²) in [7, 11) is 0. The molecular formula is C15H24N2O. The molecule has 0 aromatic carbocycles. The molecule has 3 heteroatoms. The van der Waals surface area contributed by atoms with E-state index in [4.69, 9.17) is 0 Å². The minimum atomic E-state index is 0.449. The molecule has 4 heterocycles. The molecule has 0 radical (unpaired) electrons. The van der Waals surface area contributed by atoms with Crippen molar-refractivity contribution < 1.29 is 4.79 Å². The number of hydrogen-bond acceptors (Lipinski definition) is 2. The first-order chi connectivity index (χ1) is 8.83. The highest BCUT2D eigenvalue weighted by Crippen LogP contribution is 2.42. The van der Waals surface area contributed by atoms with E-state index in [0.717, 1.165) is 37.3 Å². The van der Waals surface area contributed by atoms with Gasteiger partial charge in [-0.3, -0.25) is 9.69 Å². The summed E-state index contributed by atoms with van der Waals surface area (Å²) in [6, 6.07) is 1.39. The van der Waals surface area contributed by atoms with Crippen LogP contribution in [0.2, 0.25) is 0 Å². The number of fused-ring (bicyclic) bond motifs is 6. The number of nitrogens with zero attached hydrogens (tertiary/aromatic N) is 2. The fourth-order valence-electron chi connectivity index (χ4n) is 5.10. The standard InChI is InChI=1S/C15H24N2O/c18-15-6-3-5-14-11-8-12(10-17(14)15)13-4-1-2-7-16(13)9-11/h11-14H,1-10H2/t11-,12-,13+,14+/m0/s1. The molecule has 2 bridgehead atoms. The van der Waals surface area contributed by atoms with E-state index in [2.05, 4.69) is 9.80 Å². The van der Waals surface area contributed by atoms with Gasteiger partial charge in [0.1, 0.15) is 0 Å². The predicted octanol–water partition coefficient (Wildman–Crippen LogP) is 1.87. The largest absolute Gasteiger partial charge is 0.339 e. The molecular weight excluding hydrogens is 224 g/mol. The molecule has 4 aliphatic heterocycles. The van der Waals surface area contributed by atoms with E-state index in [0.29, 0.717) is 11.9 Å². The third kappa shape index (κ3) is 1.63. The summed E-state index contributed by atoms with van der Waals surface area (Å²) in [6.45, 7) is 3.66. The van der Waals surface area contributed by atoms with E-state index in [-0.39, 0.29) is 0 Å². The van der Waals surface area contributed by atoms with Crippen LogP contribution in [0.4, 0.5) is 0 Å². The summed E-state index contributed by atoms with van der Waals surface area (Å²) < 4.78 is 0. The van der Waals surface area contributed by atoms with E-state index in [9.17, 15) is 4.79 Å². The number of piperidine rings is 4. The second-order valence-electron chi connectivity index (χ2n) is 6.82. The molecule has 3 nitrogen and oxygen atoms in total. The van der Waals surface area contributed by atoms with Crippen molar-refractivity contribution >= 4 is 5.91 Å². The Kier molecular flexibility index (Phi) is 2.65. The van der Waals surface area contributed by atoms with Gasteiger partial charge in [-0.1, -0.05) is 6.42 Å². The van der Waals surface area contributed by atoms with Gasteiger partial charge in [0.2, 0.25) is 5.91 Å². The molecule has 1 amide bonds. The van der Waals surface area contributed by atoms with Crippen molar-refractivity contribution in [3.8, 4) is 0 Å². The monoisotopic (exact) mass is 248 g/mol. The van der Waals surface area contributed by atoms with Crippen molar-refractivity contribution in [2.24, 2.45) is 11.8 Å². The maximum atomic E-state index is 12.1. The molecule has 4 fully saturated rings. The Balaban J connectivity index is 1.59. The third-order valence-electron chi connectivity index (χ3n) is 5.87. The van der Waals surface area contributed by atoms with E-state index >= 15 is 0 Å². The molecule has 0 aromatic rings. The van der Waals surface area contributed by atoms with Crippen LogP contribution in [0.5, 0.6) is 0 Å². The highest BCUT2D eigenvalue weighted by molar-refractivity contribution is 5.77. The third-order valence-corrected chi connectivity index (χ3v) is 5.87. The first-order valence-electron chi connectivity index (χ1n) is 7.86. The summed E-state index contributed by atoms with van der Waals surface area (Å²) in [6.07, 6.45) is 8.78. The van der Waals surface area contributed by atoms with E-state index in [1.54, 1.807) is 0 Å². The molecule has 4 atom stereocenters. The Hall–Kier alpha value is -0.570. The van der Waals surface area contributed by atoms with Crippen molar-refractivity contribution in [3.05, 3.63) is 0 Å². The van der Waals surface area contributed by atoms with Gasteiger partial charge in [0, 0.05) is 31.6 Å². The number of hydrogen-bond donors (Lipinski definition) is 0. The van der Waals surface area contributed by atoms with Crippen LogP contribution in [-0.4, -0.2) is 47.4 Å². The number of carbonyl (C=O) groups excluding carboxylic acids is 1. The predicted molar refractivity (Wildman–Crippen MR) is 70.2 cm³/mol. The zero-order valence-electron chi connectivity index (χ0n) is 11.2. The Bertz CT molecular complexity index is 356. The average molecular weight is 248 g/mol. The van der Waals surface area contributed by atoms with Crippen LogP contribution in [-0.2, 0) is 4.79 Å². The Morgan fingerprint density at radius 2 is 1.78 bits per heavy atom. The number of amides is 1. The first-order valence-corrected chi connectivity index (χ1v) is 7.86. The summed E-state index contributed by atoms with van der Waals surface area (Å²) >= 11 is 0. The van der Waals surface area contributed by atoms with Crippen LogP contribution in [0.3, 0.4) is 0 Å².